The van der Waals surface area contributed by atoms with Crippen molar-refractivity contribution in [1.82, 2.24) is 9.97 Å². The summed E-state index contributed by atoms with van der Waals surface area (Å²) in [7, 11) is 0. The van der Waals surface area contributed by atoms with Crippen molar-refractivity contribution in [1.29, 1.82) is 0 Å². The van der Waals surface area contributed by atoms with Gasteiger partial charge in [-0.15, -0.1) is 0 Å². The molecule has 2 unspecified atom stereocenters. The first-order valence-corrected chi connectivity index (χ1v) is 8.18. The highest BCUT2D eigenvalue weighted by Gasteiger charge is 2.15. The third kappa shape index (κ3) is 6.11. The van der Waals surface area contributed by atoms with E-state index in [1.807, 2.05) is 0 Å². The molecule has 0 aliphatic rings. The Morgan fingerprint density at radius 3 is 2.92 bits per heavy atom. The van der Waals surface area contributed by atoms with Crippen LogP contribution in [-0.2, 0) is 28.0 Å². The Morgan fingerprint density at radius 2 is 2.21 bits per heavy atom. The van der Waals surface area contributed by atoms with Gasteiger partial charge >= 0.3 is 5.97 Å². The molecule has 2 atom stereocenters. The van der Waals surface area contributed by atoms with Gasteiger partial charge in [0.05, 0.1) is 18.3 Å². The first-order valence-electron chi connectivity index (χ1n) is 6.93. The molecule has 24 heavy (non-hydrogen) atoms. The summed E-state index contributed by atoms with van der Waals surface area (Å²) in [4.78, 5) is 19.5. The van der Waals surface area contributed by atoms with Crippen LogP contribution in [0.5, 0.6) is 5.75 Å². The molecule has 9 heteroatoms. The Hall–Kier alpha value is -2.23. The van der Waals surface area contributed by atoms with E-state index in [2.05, 4.69) is 9.97 Å². The molecule has 2 aromatic rings. The van der Waals surface area contributed by atoms with Crippen LogP contribution in [-0.4, -0.2) is 35.9 Å². The Morgan fingerprint density at radius 1 is 1.42 bits per heavy atom. The number of rotatable bonds is 7. The normalized spacial score (nSPS) is 13.3. The quantitative estimate of drug-likeness (QED) is 0.447. The number of nitrogens with zero attached hydrogens (tertiary/aromatic N) is 2. The predicted octanol–water partition coefficient (Wildman–Crippen LogP) is 0.894. The van der Waals surface area contributed by atoms with Gasteiger partial charge in [0.25, 0.3) is 0 Å². The van der Waals surface area contributed by atoms with Gasteiger partial charge in [-0.2, -0.15) is 0 Å². The SMILES string of the molecule is O=C(CC(O)Cc1ccnc(CS(=O)[O-])n1)Oc1cccc(F)c1. The second-order valence-electron chi connectivity index (χ2n) is 4.91. The van der Waals surface area contributed by atoms with Gasteiger partial charge in [0.2, 0.25) is 0 Å². The van der Waals surface area contributed by atoms with Crippen molar-refractivity contribution in [2.45, 2.75) is 24.7 Å². The van der Waals surface area contributed by atoms with Crippen LogP contribution in [0.3, 0.4) is 0 Å². The molecule has 0 aliphatic carbocycles. The number of aromatic nitrogens is 2. The average molecular weight is 353 g/mol. The molecule has 0 saturated heterocycles. The lowest BCUT2D eigenvalue weighted by Gasteiger charge is -2.11. The summed E-state index contributed by atoms with van der Waals surface area (Å²) in [6, 6.07) is 6.61. The molecular weight excluding hydrogens is 339 g/mol. The van der Waals surface area contributed by atoms with E-state index in [9.17, 15) is 23.1 Å². The predicted molar refractivity (Wildman–Crippen MR) is 81.0 cm³/mol. The Kier molecular flexibility index (Phi) is 6.47. The number of aliphatic hydroxyl groups is 1. The number of benzene rings is 1. The highest BCUT2D eigenvalue weighted by atomic mass is 32.2. The number of esters is 1. The van der Waals surface area contributed by atoms with Gasteiger partial charge in [0, 0.05) is 24.4 Å². The third-order valence-electron chi connectivity index (χ3n) is 2.88. The largest absolute Gasteiger partial charge is 0.772 e. The van der Waals surface area contributed by atoms with Crippen LogP contribution in [0, 0.1) is 5.82 Å². The summed E-state index contributed by atoms with van der Waals surface area (Å²) in [6.45, 7) is 0. The van der Waals surface area contributed by atoms with E-state index >= 15 is 0 Å². The van der Waals surface area contributed by atoms with Crippen LogP contribution in [0.2, 0.25) is 0 Å². The van der Waals surface area contributed by atoms with Crippen LogP contribution < -0.4 is 4.74 Å². The number of carbonyl (C=O) groups is 1. The third-order valence-corrected chi connectivity index (χ3v) is 3.38. The maximum atomic E-state index is 13.0. The smallest absolute Gasteiger partial charge is 0.313 e. The summed E-state index contributed by atoms with van der Waals surface area (Å²) in [6.07, 6.45) is 0.0109. The molecular formula is C15H14FN2O5S-. The molecule has 1 aromatic carbocycles. The number of aliphatic hydroxyl groups excluding tert-OH is 1. The maximum Gasteiger partial charge on any atom is 0.313 e. The number of hydrogen-bond donors (Lipinski definition) is 1. The molecule has 0 radical (unpaired) electrons. The first kappa shape index (κ1) is 18.1. The number of ether oxygens (including phenoxy) is 1. The fourth-order valence-electron chi connectivity index (χ4n) is 1.94. The Balaban J connectivity index is 1.89. The molecule has 0 saturated carbocycles. The molecule has 1 heterocycles. The zero-order chi connectivity index (χ0) is 17.5. The molecule has 1 aromatic heterocycles. The van der Waals surface area contributed by atoms with Crippen LogP contribution >= 0.6 is 0 Å². The van der Waals surface area contributed by atoms with E-state index in [0.717, 1.165) is 6.07 Å². The average Bonchev–Trinajstić information content (AvgIpc) is 2.46. The minimum absolute atomic E-state index is 0.0270. The summed E-state index contributed by atoms with van der Waals surface area (Å²) in [5, 5.41) is 9.92. The van der Waals surface area contributed by atoms with E-state index in [0.29, 0.717) is 5.69 Å². The van der Waals surface area contributed by atoms with Crippen LogP contribution in [0.4, 0.5) is 4.39 Å². The maximum absolute atomic E-state index is 13.0. The number of hydrogen-bond acceptors (Lipinski definition) is 7. The van der Waals surface area contributed by atoms with Crippen molar-refractivity contribution in [2.75, 3.05) is 0 Å². The van der Waals surface area contributed by atoms with Crippen molar-refractivity contribution in [3.05, 3.63) is 53.9 Å². The van der Waals surface area contributed by atoms with Crippen molar-refractivity contribution in [2.24, 2.45) is 0 Å². The van der Waals surface area contributed by atoms with Crippen LogP contribution in [0.1, 0.15) is 17.9 Å². The van der Waals surface area contributed by atoms with Gasteiger partial charge in [-0.05, 0) is 29.3 Å². The fraction of sp³-hybridized carbons (Fsp3) is 0.267. The van der Waals surface area contributed by atoms with Gasteiger partial charge in [-0.3, -0.25) is 9.00 Å². The van der Waals surface area contributed by atoms with Crippen LogP contribution in [0.25, 0.3) is 0 Å². The lowest BCUT2D eigenvalue weighted by Crippen LogP contribution is -2.20. The van der Waals surface area contributed by atoms with E-state index in [1.165, 1.54) is 30.5 Å². The van der Waals surface area contributed by atoms with Gasteiger partial charge in [-0.1, -0.05) is 6.07 Å². The second-order valence-corrected chi connectivity index (χ2v) is 5.80. The van der Waals surface area contributed by atoms with Crippen LogP contribution in [0.15, 0.2) is 36.5 Å². The lowest BCUT2D eigenvalue weighted by atomic mass is 10.1. The summed E-state index contributed by atoms with van der Waals surface area (Å²) < 4.78 is 39.2. The van der Waals surface area contributed by atoms with Crippen molar-refractivity contribution in [3.8, 4) is 5.75 Å². The standard InChI is InChI=1S/C15H15FN2O5S/c16-10-2-1-3-13(6-10)23-15(20)8-12(19)7-11-4-5-17-14(18-11)9-24(21)22/h1-6,12,19H,7-9H2,(H,21,22)/p-1. The number of carbonyl (C=O) groups excluding carboxylic acids is 1. The van der Waals surface area contributed by atoms with E-state index in [1.54, 1.807) is 0 Å². The van der Waals surface area contributed by atoms with E-state index in [4.69, 9.17) is 4.74 Å². The molecule has 0 spiro atoms. The molecule has 2 rings (SSSR count). The first-order chi connectivity index (χ1) is 11.4. The topological polar surface area (TPSA) is 112 Å². The van der Waals surface area contributed by atoms with Gasteiger partial charge in [0.1, 0.15) is 17.4 Å². The number of halogens is 1. The van der Waals surface area contributed by atoms with Crippen molar-refractivity contribution < 1.29 is 27.8 Å². The Bertz CT molecular complexity index is 743. The fourth-order valence-corrected chi connectivity index (χ4v) is 2.29. The molecule has 7 nitrogen and oxygen atoms in total. The summed E-state index contributed by atoms with van der Waals surface area (Å²) in [5.74, 6) is -1.43. The second kappa shape index (κ2) is 8.57. The van der Waals surface area contributed by atoms with E-state index < -0.39 is 29.0 Å². The van der Waals surface area contributed by atoms with E-state index in [-0.39, 0.29) is 30.2 Å². The van der Waals surface area contributed by atoms with Gasteiger partial charge < -0.3 is 14.4 Å². The zero-order valence-electron chi connectivity index (χ0n) is 12.4. The lowest BCUT2D eigenvalue weighted by molar-refractivity contribution is -0.136. The minimum atomic E-state index is -2.31. The molecule has 0 fully saturated rings. The molecule has 0 amide bonds. The van der Waals surface area contributed by atoms with Gasteiger partial charge in [-0.25, -0.2) is 14.4 Å². The molecule has 0 bridgehead atoms. The van der Waals surface area contributed by atoms with Crippen molar-refractivity contribution in [3.63, 3.8) is 0 Å². The van der Waals surface area contributed by atoms with Crippen molar-refractivity contribution >= 4 is 17.0 Å². The summed E-state index contributed by atoms with van der Waals surface area (Å²) >= 11 is -2.31. The minimum Gasteiger partial charge on any atom is -0.772 e. The molecule has 0 aliphatic heterocycles. The highest BCUT2D eigenvalue weighted by molar-refractivity contribution is 7.78. The zero-order valence-corrected chi connectivity index (χ0v) is 13.2. The Labute approximate surface area is 139 Å². The van der Waals surface area contributed by atoms with Gasteiger partial charge in [0.15, 0.2) is 0 Å². The molecule has 128 valence electrons. The highest BCUT2D eigenvalue weighted by Crippen LogP contribution is 2.13. The molecule has 1 N–H and O–H groups in total. The summed E-state index contributed by atoms with van der Waals surface area (Å²) in [5.41, 5.74) is 0.400. The monoisotopic (exact) mass is 353 g/mol.